The Kier molecular flexibility index (Phi) is 6.49. The van der Waals surface area contributed by atoms with Gasteiger partial charge in [0.2, 0.25) is 5.91 Å². The van der Waals surface area contributed by atoms with Gasteiger partial charge in [-0.15, -0.1) is 0 Å². The van der Waals surface area contributed by atoms with E-state index < -0.39 is 17.6 Å². The summed E-state index contributed by atoms with van der Waals surface area (Å²) in [4.78, 5) is 26.2. The molecule has 1 aliphatic rings. The third-order valence-corrected chi connectivity index (χ3v) is 5.72. The average molecular weight is 452 g/mol. The predicted molar refractivity (Wildman–Crippen MR) is 119 cm³/mol. The van der Waals surface area contributed by atoms with Crippen LogP contribution in [0.3, 0.4) is 0 Å². The molecule has 0 aliphatic carbocycles. The third-order valence-electron chi connectivity index (χ3n) is 5.72. The number of halogens is 3. The second kappa shape index (κ2) is 9.48. The van der Waals surface area contributed by atoms with Crippen LogP contribution in [-0.2, 0) is 24.1 Å². The van der Waals surface area contributed by atoms with Crippen LogP contribution in [0.5, 0.6) is 0 Å². The number of carbonyl (C=O) groups is 2. The number of carbonyl (C=O) groups excluding carboxylic acids is 2. The molecule has 1 fully saturated rings. The first-order valence-corrected chi connectivity index (χ1v) is 10.7. The zero-order valence-electron chi connectivity index (χ0n) is 17.9. The van der Waals surface area contributed by atoms with Gasteiger partial charge in [-0.3, -0.25) is 9.59 Å². The summed E-state index contributed by atoms with van der Waals surface area (Å²) in [5, 5.41) is 2.72. The van der Waals surface area contributed by atoms with Crippen molar-refractivity contribution in [2.45, 2.75) is 32.1 Å². The van der Waals surface area contributed by atoms with Crippen molar-refractivity contribution in [3.63, 3.8) is 0 Å². The Morgan fingerprint density at radius 2 is 1.73 bits per heavy atom. The summed E-state index contributed by atoms with van der Waals surface area (Å²) < 4.78 is 38.8. The lowest BCUT2D eigenvalue weighted by Crippen LogP contribution is -2.23. The Hall–Kier alpha value is -3.61. The van der Waals surface area contributed by atoms with Crippen LogP contribution >= 0.6 is 0 Å². The molecule has 3 aromatic rings. The number of hydrogen-bond donors (Lipinski definition) is 1. The molecule has 0 aromatic heterocycles. The van der Waals surface area contributed by atoms with Gasteiger partial charge in [-0.1, -0.05) is 54.6 Å². The largest absolute Gasteiger partial charge is 0.416 e. The van der Waals surface area contributed by atoms with Crippen molar-refractivity contribution in [1.82, 2.24) is 10.2 Å². The number of likely N-dealkylation sites (tertiary alicyclic amines) is 1. The number of hydrogen-bond acceptors (Lipinski definition) is 2. The molecule has 7 heteroatoms. The first kappa shape index (κ1) is 22.6. The van der Waals surface area contributed by atoms with Crippen LogP contribution in [0.15, 0.2) is 72.8 Å². The minimum absolute atomic E-state index is 0.0388. The first-order valence-electron chi connectivity index (χ1n) is 10.7. The van der Waals surface area contributed by atoms with Crippen molar-refractivity contribution >= 4 is 11.8 Å². The van der Waals surface area contributed by atoms with Crippen molar-refractivity contribution < 1.29 is 22.8 Å². The van der Waals surface area contributed by atoms with Gasteiger partial charge in [-0.2, -0.15) is 13.2 Å². The van der Waals surface area contributed by atoms with Crippen molar-refractivity contribution in [1.29, 1.82) is 0 Å². The molecule has 0 radical (unpaired) electrons. The molecular formula is C26H23F3N2O2. The molecule has 0 bridgehead atoms. The highest BCUT2D eigenvalue weighted by molar-refractivity contribution is 5.94. The van der Waals surface area contributed by atoms with E-state index >= 15 is 0 Å². The molecule has 1 saturated heterocycles. The van der Waals surface area contributed by atoms with E-state index in [0.29, 0.717) is 13.0 Å². The van der Waals surface area contributed by atoms with Gasteiger partial charge in [-0.05, 0) is 46.9 Å². The van der Waals surface area contributed by atoms with Crippen molar-refractivity contribution in [2.24, 2.45) is 0 Å². The summed E-state index contributed by atoms with van der Waals surface area (Å²) >= 11 is 0. The molecular weight excluding hydrogens is 429 g/mol. The number of nitrogens with one attached hydrogen (secondary N) is 1. The quantitative estimate of drug-likeness (QED) is 0.543. The molecule has 4 nitrogen and oxygen atoms in total. The zero-order valence-corrected chi connectivity index (χ0v) is 17.9. The van der Waals surface area contributed by atoms with Crippen LogP contribution in [0.25, 0.3) is 11.1 Å². The fraction of sp³-hybridized carbons (Fsp3) is 0.231. The molecule has 2 amide bonds. The fourth-order valence-corrected chi connectivity index (χ4v) is 3.95. The Morgan fingerprint density at radius 1 is 0.970 bits per heavy atom. The van der Waals surface area contributed by atoms with E-state index in [1.54, 1.807) is 0 Å². The maximum absolute atomic E-state index is 12.9. The maximum atomic E-state index is 12.9. The molecule has 1 aliphatic heterocycles. The van der Waals surface area contributed by atoms with E-state index in [1.165, 1.54) is 12.1 Å². The van der Waals surface area contributed by atoms with Crippen LogP contribution in [0.2, 0.25) is 0 Å². The molecule has 1 N–H and O–H groups in total. The molecule has 1 heterocycles. The van der Waals surface area contributed by atoms with Gasteiger partial charge in [0, 0.05) is 31.6 Å². The van der Waals surface area contributed by atoms with Crippen molar-refractivity contribution in [2.75, 3.05) is 6.54 Å². The number of benzene rings is 3. The fourth-order valence-electron chi connectivity index (χ4n) is 3.95. The molecule has 0 spiro atoms. The maximum Gasteiger partial charge on any atom is 0.416 e. The number of alkyl halides is 3. The lowest BCUT2D eigenvalue weighted by molar-refractivity contribution is -0.137. The van der Waals surface area contributed by atoms with Gasteiger partial charge in [0.1, 0.15) is 0 Å². The van der Waals surface area contributed by atoms with Gasteiger partial charge in [0.15, 0.2) is 0 Å². The molecule has 0 unspecified atom stereocenters. The van der Waals surface area contributed by atoms with E-state index in [4.69, 9.17) is 0 Å². The average Bonchev–Trinajstić information content (AvgIpc) is 3.22. The Bertz CT molecular complexity index is 1160. The van der Waals surface area contributed by atoms with Gasteiger partial charge < -0.3 is 10.2 Å². The Balaban J connectivity index is 1.46. The van der Waals surface area contributed by atoms with Gasteiger partial charge in [0.05, 0.1) is 5.56 Å². The Labute approximate surface area is 190 Å². The van der Waals surface area contributed by atoms with E-state index in [0.717, 1.165) is 47.4 Å². The van der Waals surface area contributed by atoms with E-state index in [9.17, 15) is 22.8 Å². The summed E-state index contributed by atoms with van der Waals surface area (Å²) in [6.45, 7) is 1.55. The minimum atomic E-state index is -4.50. The second-order valence-electron chi connectivity index (χ2n) is 8.03. The monoisotopic (exact) mass is 452 g/mol. The zero-order chi connectivity index (χ0) is 23.4. The van der Waals surface area contributed by atoms with Crippen LogP contribution in [0.1, 0.15) is 39.9 Å². The standard InChI is InChI=1S/C26H23F3N2O2/c27-26(28,29)22-7-3-6-20(15-22)25(33)30-16-21-5-1-2-8-23(21)19-12-10-18(11-13-19)17-31-14-4-9-24(31)32/h1-3,5-8,10-13,15H,4,9,14,16-17H2,(H,30,33). The molecule has 3 aromatic carbocycles. The normalized spacial score (nSPS) is 13.9. The summed E-state index contributed by atoms with van der Waals surface area (Å²) in [6, 6.07) is 19.9. The van der Waals surface area contributed by atoms with Crippen LogP contribution in [-0.4, -0.2) is 23.3 Å². The van der Waals surface area contributed by atoms with E-state index in [-0.39, 0.29) is 18.0 Å². The van der Waals surface area contributed by atoms with Crippen LogP contribution in [0.4, 0.5) is 13.2 Å². The molecule has 0 saturated carbocycles. The highest BCUT2D eigenvalue weighted by atomic mass is 19.4. The van der Waals surface area contributed by atoms with Crippen molar-refractivity contribution in [3.05, 3.63) is 95.1 Å². The third kappa shape index (κ3) is 5.42. The summed E-state index contributed by atoms with van der Waals surface area (Å²) in [5.74, 6) is -0.387. The smallest absolute Gasteiger partial charge is 0.348 e. The first-order chi connectivity index (χ1) is 15.8. The van der Waals surface area contributed by atoms with Gasteiger partial charge in [0.25, 0.3) is 5.91 Å². The van der Waals surface area contributed by atoms with Crippen molar-refractivity contribution in [3.8, 4) is 11.1 Å². The van der Waals surface area contributed by atoms with E-state index in [2.05, 4.69) is 5.32 Å². The van der Waals surface area contributed by atoms with Gasteiger partial charge in [-0.25, -0.2) is 0 Å². The summed E-state index contributed by atoms with van der Waals surface area (Å²) in [6.07, 6.45) is -2.99. The SMILES string of the molecule is O=C(NCc1ccccc1-c1ccc(CN2CCCC2=O)cc1)c1cccc(C(F)(F)F)c1. The number of amides is 2. The second-order valence-corrected chi connectivity index (χ2v) is 8.03. The highest BCUT2D eigenvalue weighted by Gasteiger charge is 2.30. The molecule has 0 atom stereocenters. The van der Waals surface area contributed by atoms with Gasteiger partial charge >= 0.3 is 6.18 Å². The lowest BCUT2D eigenvalue weighted by atomic mass is 9.98. The lowest BCUT2D eigenvalue weighted by Gasteiger charge is -2.16. The molecule has 33 heavy (non-hydrogen) atoms. The topological polar surface area (TPSA) is 49.4 Å². The number of rotatable bonds is 6. The number of nitrogens with zero attached hydrogens (tertiary/aromatic N) is 1. The minimum Gasteiger partial charge on any atom is -0.348 e. The van der Waals surface area contributed by atoms with Crippen LogP contribution in [0, 0.1) is 0 Å². The summed E-state index contributed by atoms with van der Waals surface area (Å²) in [5.41, 5.74) is 2.88. The molecule has 170 valence electrons. The molecule has 4 rings (SSSR count). The summed E-state index contributed by atoms with van der Waals surface area (Å²) in [7, 11) is 0. The highest BCUT2D eigenvalue weighted by Crippen LogP contribution is 2.30. The Morgan fingerprint density at radius 3 is 2.42 bits per heavy atom. The van der Waals surface area contributed by atoms with Crippen LogP contribution < -0.4 is 5.32 Å². The van der Waals surface area contributed by atoms with E-state index in [1.807, 2.05) is 53.4 Å². The predicted octanol–water partition coefficient (Wildman–Crippen LogP) is 5.42.